The monoisotopic (exact) mass is 285 g/mol. The van der Waals surface area contributed by atoms with Gasteiger partial charge in [0.05, 0.1) is 7.11 Å². The van der Waals surface area contributed by atoms with Crippen LogP contribution in [0.25, 0.3) is 0 Å². The van der Waals surface area contributed by atoms with Crippen molar-refractivity contribution in [2.24, 2.45) is 0 Å². The van der Waals surface area contributed by atoms with E-state index in [1.54, 1.807) is 37.4 Å². The number of nitrogens with one attached hydrogen (secondary N) is 1. The number of methoxy groups -OCH3 is 1. The second-order valence-corrected chi connectivity index (χ2v) is 4.71. The molecule has 0 fully saturated rings. The minimum atomic E-state index is -0.202. The lowest BCUT2D eigenvalue weighted by molar-refractivity contribution is 0.102. The molecule has 0 radical (unpaired) electrons. The third-order valence-electron chi connectivity index (χ3n) is 3.30. The van der Waals surface area contributed by atoms with Crippen molar-refractivity contribution in [2.45, 2.75) is 6.92 Å². The SMILES string of the molecule is COc1cc(C(=O)Nc2ccc3c(c2)OCO3)ccc1C. The van der Waals surface area contributed by atoms with Crippen molar-refractivity contribution in [2.75, 3.05) is 19.2 Å². The Balaban J connectivity index is 1.80. The molecule has 108 valence electrons. The van der Waals surface area contributed by atoms with Gasteiger partial charge in [-0.15, -0.1) is 0 Å². The molecule has 0 aliphatic carbocycles. The highest BCUT2D eigenvalue weighted by Gasteiger charge is 2.15. The fourth-order valence-corrected chi connectivity index (χ4v) is 2.14. The third kappa shape index (κ3) is 2.63. The molecule has 21 heavy (non-hydrogen) atoms. The van der Waals surface area contributed by atoms with E-state index in [4.69, 9.17) is 14.2 Å². The van der Waals surface area contributed by atoms with Crippen LogP contribution in [-0.4, -0.2) is 19.8 Å². The molecular formula is C16H15NO4. The molecule has 0 bridgehead atoms. The Bertz CT molecular complexity index is 697. The quantitative estimate of drug-likeness (QED) is 0.942. The molecule has 0 saturated heterocycles. The van der Waals surface area contributed by atoms with Gasteiger partial charge in [0.25, 0.3) is 5.91 Å². The number of hydrogen-bond donors (Lipinski definition) is 1. The smallest absolute Gasteiger partial charge is 0.255 e. The van der Waals surface area contributed by atoms with E-state index >= 15 is 0 Å². The molecule has 5 nitrogen and oxygen atoms in total. The summed E-state index contributed by atoms with van der Waals surface area (Å²) < 4.78 is 15.8. The molecule has 3 rings (SSSR count). The Morgan fingerprint density at radius 2 is 1.95 bits per heavy atom. The number of rotatable bonds is 3. The number of fused-ring (bicyclic) bond motifs is 1. The largest absolute Gasteiger partial charge is 0.496 e. The van der Waals surface area contributed by atoms with Crippen LogP contribution in [0.2, 0.25) is 0 Å². The summed E-state index contributed by atoms with van der Waals surface area (Å²) in [6, 6.07) is 10.6. The van der Waals surface area contributed by atoms with E-state index in [1.165, 1.54) is 0 Å². The van der Waals surface area contributed by atoms with Gasteiger partial charge in [-0.1, -0.05) is 6.07 Å². The van der Waals surface area contributed by atoms with Gasteiger partial charge in [0.1, 0.15) is 5.75 Å². The van der Waals surface area contributed by atoms with Gasteiger partial charge in [0, 0.05) is 17.3 Å². The predicted octanol–water partition coefficient (Wildman–Crippen LogP) is 2.98. The van der Waals surface area contributed by atoms with E-state index in [0.29, 0.717) is 28.5 Å². The number of hydrogen-bond acceptors (Lipinski definition) is 4. The van der Waals surface area contributed by atoms with Gasteiger partial charge in [-0.2, -0.15) is 0 Å². The highest BCUT2D eigenvalue weighted by atomic mass is 16.7. The fraction of sp³-hybridized carbons (Fsp3) is 0.188. The average Bonchev–Trinajstić information content (AvgIpc) is 2.95. The lowest BCUT2D eigenvalue weighted by atomic mass is 10.1. The van der Waals surface area contributed by atoms with Crippen LogP contribution in [0, 0.1) is 6.92 Å². The summed E-state index contributed by atoms with van der Waals surface area (Å²) in [5.74, 6) is 1.81. The van der Waals surface area contributed by atoms with Crippen LogP contribution < -0.4 is 19.5 Å². The lowest BCUT2D eigenvalue weighted by Crippen LogP contribution is -2.12. The Hall–Kier alpha value is -2.69. The maximum absolute atomic E-state index is 12.3. The molecule has 2 aromatic rings. The van der Waals surface area contributed by atoms with Gasteiger partial charge in [0.2, 0.25) is 6.79 Å². The first-order chi connectivity index (χ1) is 10.2. The lowest BCUT2D eigenvalue weighted by Gasteiger charge is -2.09. The van der Waals surface area contributed by atoms with Crippen LogP contribution in [0.15, 0.2) is 36.4 Å². The average molecular weight is 285 g/mol. The molecule has 1 aliphatic heterocycles. The van der Waals surface area contributed by atoms with Crippen LogP contribution >= 0.6 is 0 Å². The van der Waals surface area contributed by atoms with Gasteiger partial charge < -0.3 is 19.5 Å². The summed E-state index contributed by atoms with van der Waals surface area (Å²) in [7, 11) is 1.59. The molecule has 2 aromatic carbocycles. The highest BCUT2D eigenvalue weighted by Crippen LogP contribution is 2.34. The molecule has 0 saturated carbocycles. The molecule has 5 heteroatoms. The molecule has 0 atom stereocenters. The van der Waals surface area contributed by atoms with E-state index in [2.05, 4.69) is 5.32 Å². The van der Waals surface area contributed by atoms with E-state index in [1.807, 2.05) is 13.0 Å². The number of carbonyl (C=O) groups excluding carboxylic acids is 1. The van der Waals surface area contributed by atoms with Crippen molar-refractivity contribution in [3.8, 4) is 17.2 Å². The van der Waals surface area contributed by atoms with Crippen molar-refractivity contribution in [1.82, 2.24) is 0 Å². The second kappa shape index (κ2) is 5.36. The normalized spacial score (nSPS) is 12.1. The maximum Gasteiger partial charge on any atom is 0.255 e. The van der Waals surface area contributed by atoms with Crippen LogP contribution in [0.4, 0.5) is 5.69 Å². The second-order valence-electron chi connectivity index (χ2n) is 4.71. The zero-order valence-corrected chi connectivity index (χ0v) is 11.8. The molecule has 1 heterocycles. The topological polar surface area (TPSA) is 56.8 Å². The van der Waals surface area contributed by atoms with Crippen molar-refractivity contribution in [3.05, 3.63) is 47.5 Å². The Labute approximate surface area is 122 Å². The zero-order valence-electron chi connectivity index (χ0n) is 11.8. The van der Waals surface area contributed by atoms with Gasteiger partial charge in [-0.25, -0.2) is 0 Å². The van der Waals surface area contributed by atoms with E-state index in [9.17, 15) is 4.79 Å². The zero-order chi connectivity index (χ0) is 14.8. The number of ether oxygens (including phenoxy) is 3. The van der Waals surface area contributed by atoms with Crippen LogP contribution in [0.1, 0.15) is 15.9 Å². The number of anilines is 1. The van der Waals surface area contributed by atoms with Gasteiger partial charge >= 0.3 is 0 Å². The number of aryl methyl sites for hydroxylation is 1. The third-order valence-corrected chi connectivity index (χ3v) is 3.30. The summed E-state index contributed by atoms with van der Waals surface area (Å²) >= 11 is 0. The summed E-state index contributed by atoms with van der Waals surface area (Å²) in [6.45, 7) is 2.14. The molecule has 0 spiro atoms. The maximum atomic E-state index is 12.3. The van der Waals surface area contributed by atoms with Crippen molar-refractivity contribution in [1.29, 1.82) is 0 Å². The van der Waals surface area contributed by atoms with E-state index in [0.717, 1.165) is 5.56 Å². The summed E-state index contributed by atoms with van der Waals surface area (Å²) in [6.07, 6.45) is 0. The predicted molar refractivity (Wildman–Crippen MR) is 78.2 cm³/mol. The standard InChI is InChI=1S/C16H15NO4/c1-10-3-4-11(7-14(10)19-2)16(18)17-12-5-6-13-15(8-12)21-9-20-13/h3-8H,9H2,1-2H3,(H,17,18). The molecule has 1 N–H and O–H groups in total. The van der Waals surface area contributed by atoms with E-state index < -0.39 is 0 Å². The minimum Gasteiger partial charge on any atom is -0.496 e. The fourth-order valence-electron chi connectivity index (χ4n) is 2.14. The summed E-state index contributed by atoms with van der Waals surface area (Å²) in [4.78, 5) is 12.3. The first-order valence-electron chi connectivity index (χ1n) is 6.53. The number of amides is 1. The van der Waals surface area contributed by atoms with Crippen LogP contribution in [0.5, 0.6) is 17.2 Å². The van der Waals surface area contributed by atoms with Crippen molar-refractivity contribution in [3.63, 3.8) is 0 Å². The molecule has 0 aromatic heterocycles. The minimum absolute atomic E-state index is 0.202. The van der Waals surface area contributed by atoms with Crippen LogP contribution in [0.3, 0.4) is 0 Å². The Kier molecular flexibility index (Phi) is 3.39. The van der Waals surface area contributed by atoms with Crippen molar-refractivity contribution >= 4 is 11.6 Å². The Morgan fingerprint density at radius 3 is 2.76 bits per heavy atom. The Morgan fingerprint density at radius 1 is 1.14 bits per heavy atom. The first kappa shape index (κ1) is 13.3. The molecule has 1 aliphatic rings. The summed E-state index contributed by atoms with van der Waals surface area (Å²) in [5.41, 5.74) is 2.18. The molecular weight excluding hydrogens is 270 g/mol. The summed E-state index contributed by atoms with van der Waals surface area (Å²) in [5, 5.41) is 2.83. The van der Waals surface area contributed by atoms with Gasteiger partial charge in [-0.05, 0) is 36.8 Å². The van der Waals surface area contributed by atoms with Crippen LogP contribution in [-0.2, 0) is 0 Å². The van der Waals surface area contributed by atoms with Crippen molar-refractivity contribution < 1.29 is 19.0 Å². The van der Waals surface area contributed by atoms with E-state index in [-0.39, 0.29) is 12.7 Å². The highest BCUT2D eigenvalue weighted by molar-refractivity contribution is 6.04. The van der Waals surface area contributed by atoms with Gasteiger partial charge in [-0.3, -0.25) is 4.79 Å². The number of benzene rings is 2. The first-order valence-corrected chi connectivity index (χ1v) is 6.53. The molecule has 0 unspecified atom stereocenters. The van der Waals surface area contributed by atoms with Gasteiger partial charge in [0.15, 0.2) is 11.5 Å². The number of carbonyl (C=O) groups is 1. The molecule has 1 amide bonds.